The zero-order valence-corrected chi connectivity index (χ0v) is 13.0. The molecule has 1 amide bonds. The summed E-state index contributed by atoms with van der Waals surface area (Å²) < 4.78 is 48.8. The van der Waals surface area contributed by atoms with Crippen LogP contribution >= 0.6 is 0 Å². The quantitative estimate of drug-likeness (QED) is 0.716. The van der Waals surface area contributed by atoms with Crippen LogP contribution in [0.25, 0.3) is 0 Å². The van der Waals surface area contributed by atoms with E-state index in [1.807, 2.05) is 0 Å². The average Bonchev–Trinajstić information content (AvgIpc) is 2.55. The molecule has 5 nitrogen and oxygen atoms in total. The molecule has 8 heteroatoms. The average molecular weight is 355 g/mol. The lowest BCUT2D eigenvalue weighted by Crippen LogP contribution is -2.23. The second-order valence-electron chi connectivity index (χ2n) is 5.03. The van der Waals surface area contributed by atoms with Gasteiger partial charge in [-0.3, -0.25) is 0 Å². The Hall–Kier alpha value is -2.90. The Balaban J connectivity index is 1.87. The molecule has 0 heterocycles. The summed E-state index contributed by atoms with van der Waals surface area (Å²) in [6, 6.07) is 11.0. The number of hydrogen-bond donors (Lipinski definition) is 2. The highest BCUT2D eigenvalue weighted by atomic mass is 19.4. The lowest BCUT2D eigenvalue weighted by atomic mass is 10.2. The van der Waals surface area contributed by atoms with E-state index < -0.39 is 17.8 Å². The molecule has 25 heavy (non-hydrogen) atoms. The largest absolute Gasteiger partial charge is 0.494 e. The molecule has 0 aliphatic heterocycles. The number of nitrogens with one attached hydrogen (secondary N) is 1. The molecule has 0 fully saturated rings. The third-order valence-corrected chi connectivity index (χ3v) is 3.09. The Morgan fingerprint density at radius 2 is 1.72 bits per heavy atom. The number of carboxylic acid groups (broad SMARTS) is 1. The van der Waals surface area contributed by atoms with Crippen LogP contribution < -0.4 is 14.8 Å². The van der Waals surface area contributed by atoms with Crippen LogP contribution in [0.15, 0.2) is 48.5 Å². The molecule has 2 rings (SSSR count). The SMILES string of the molecule is O=C(O)NCCCOc1ccc(Oc2cccc(C(F)(F)F)c2)cc1. The van der Waals surface area contributed by atoms with E-state index in [2.05, 4.69) is 5.32 Å². The zero-order chi connectivity index (χ0) is 18.3. The van der Waals surface area contributed by atoms with Gasteiger partial charge in [0.15, 0.2) is 0 Å². The predicted molar refractivity (Wildman–Crippen MR) is 84.1 cm³/mol. The summed E-state index contributed by atoms with van der Waals surface area (Å²) in [5.74, 6) is 1.01. The molecule has 0 spiro atoms. The van der Waals surface area contributed by atoms with Crippen LogP contribution in [0, 0.1) is 0 Å². The fraction of sp³-hybridized carbons (Fsp3) is 0.235. The molecule has 2 aromatic rings. The van der Waals surface area contributed by atoms with Gasteiger partial charge < -0.3 is 19.9 Å². The zero-order valence-electron chi connectivity index (χ0n) is 13.0. The van der Waals surface area contributed by atoms with Gasteiger partial charge in [-0.1, -0.05) is 6.07 Å². The number of benzene rings is 2. The Morgan fingerprint density at radius 1 is 1.04 bits per heavy atom. The van der Waals surface area contributed by atoms with Crippen molar-refractivity contribution in [1.29, 1.82) is 0 Å². The second kappa shape index (κ2) is 8.27. The standard InChI is InChI=1S/C17H16F3NO4/c18-17(19,20)12-3-1-4-15(11-12)25-14-7-5-13(6-8-14)24-10-2-9-21-16(22)23/h1,3-8,11,21H,2,9-10H2,(H,22,23). The normalized spacial score (nSPS) is 11.0. The fourth-order valence-electron chi connectivity index (χ4n) is 1.93. The number of carbonyl (C=O) groups is 1. The summed E-state index contributed by atoms with van der Waals surface area (Å²) >= 11 is 0. The smallest absolute Gasteiger partial charge is 0.416 e. The molecular weight excluding hydrogens is 339 g/mol. The maximum atomic E-state index is 12.7. The van der Waals surface area contributed by atoms with Crippen molar-refractivity contribution < 1.29 is 32.5 Å². The van der Waals surface area contributed by atoms with Gasteiger partial charge in [-0.15, -0.1) is 0 Å². The molecule has 2 aromatic carbocycles. The first-order chi connectivity index (χ1) is 11.8. The van der Waals surface area contributed by atoms with E-state index in [4.69, 9.17) is 14.6 Å². The maximum Gasteiger partial charge on any atom is 0.416 e. The number of amides is 1. The van der Waals surface area contributed by atoms with Crippen molar-refractivity contribution in [2.75, 3.05) is 13.2 Å². The molecule has 0 aliphatic carbocycles. The molecule has 0 radical (unpaired) electrons. The summed E-state index contributed by atoms with van der Waals surface area (Å²) in [7, 11) is 0. The monoisotopic (exact) mass is 355 g/mol. The Bertz CT molecular complexity index is 702. The van der Waals surface area contributed by atoms with Gasteiger partial charge in [0.2, 0.25) is 0 Å². The van der Waals surface area contributed by atoms with Gasteiger partial charge in [0.1, 0.15) is 17.2 Å². The Labute approximate surface area is 142 Å². The number of hydrogen-bond acceptors (Lipinski definition) is 3. The van der Waals surface area contributed by atoms with Crippen LogP contribution in [0.5, 0.6) is 17.2 Å². The van der Waals surface area contributed by atoms with Gasteiger partial charge in [0.25, 0.3) is 0 Å². The third kappa shape index (κ3) is 6.25. The molecule has 0 atom stereocenters. The van der Waals surface area contributed by atoms with E-state index in [0.29, 0.717) is 24.5 Å². The summed E-state index contributed by atoms with van der Waals surface area (Å²) in [6.07, 6.45) is -5.00. The molecular formula is C17H16F3NO4. The van der Waals surface area contributed by atoms with Crippen molar-refractivity contribution in [3.8, 4) is 17.2 Å². The van der Waals surface area contributed by atoms with E-state index in [1.165, 1.54) is 12.1 Å². The van der Waals surface area contributed by atoms with Crippen LogP contribution in [-0.4, -0.2) is 24.4 Å². The number of rotatable bonds is 7. The minimum Gasteiger partial charge on any atom is -0.494 e. The lowest BCUT2D eigenvalue weighted by Gasteiger charge is -2.11. The molecule has 0 aliphatic rings. The van der Waals surface area contributed by atoms with Crippen molar-refractivity contribution in [3.63, 3.8) is 0 Å². The van der Waals surface area contributed by atoms with Crippen LogP contribution in [0.1, 0.15) is 12.0 Å². The predicted octanol–water partition coefficient (Wildman–Crippen LogP) is 4.53. The summed E-state index contributed by atoms with van der Waals surface area (Å²) in [5.41, 5.74) is -0.778. The van der Waals surface area contributed by atoms with E-state index >= 15 is 0 Å². The Morgan fingerprint density at radius 3 is 2.36 bits per heavy atom. The molecule has 0 bridgehead atoms. The van der Waals surface area contributed by atoms with Gasteiger partial charge in [-0.2, -0.15) is 13.2 Å². The molecule has 0 saturated carbocycles. The van der Waals surface area contributed by atoms with Crippen molar-refractivity contribution in [2.45, 2.75) is 12.6 Å². The second-order valence-corrected chi connectivity index (χ2v) is 5.03. The molecule has 2 N–H and O–H groups in total. The topological polar surface area (TPSA) is 67.8 Å². The van der Waals surface area contributed by atoms with Crippen molar-refractivity contribution in [3.05, 3.63) is 54.1 Å². The maximum absolute atomic E-state index is 12.7. The van der Waals surface area contributed by atoms with Gasteiger partial charge in [-0.25, -0.2) is 4.79 Å². The highest BCUT2D eigenvalue weighted by molar-refractivity contribution is 5.64. The first-order valence-corrected chi connectivity index (χ1v) is 7.39. The number of ether oxygens (including phenoxy) is 2. The molecule has 0 aromatic heterocycles. The first-order valence-electron chi connectivity index (χ1n) is 7.39. The van der Waals surface area contributed by atoms with Gasteiger partial charge in [-0.05, 0) is 48.9 Å². The number of halogens is 3. The van der Waals surface area contributed by atoms with Crippen LogP contribution in [0.2, 0.25) is 0 Å². The number of alkyl halides is 3. The summed E-state index contributed by atoms with van der Waals surface area (Å²) in [5, 5.41) is 10.6. The van der Waals surface area contributed by atoms with E-state index in [9.17, 15) is 18.0 Å². The molecule has 134 valence electrons. The summed E-state index contributed by atoms with van der Waals surface area (Å²) in [6.45, 7) is 0.611. The van der Waals surface area contributed by atoms with Crippen LogP contribution in [0.3, 0.4) is 0 Å². The van der Waals surface area contributed by atoms with Crippen molar-refractivity contribution >= 4 is 6.09 Å². The van der Waals surface area contributed by atoms with E-state index in [1.54, 1.807) is 24.3 Å². The molecule has 0 saturated heterocycles. The van der Waals surface area contributed by atoms with Crippen LogP contribution in [-0.2, 0) is 6.18 Å². The highest BCUT2D eigenvalue weighted by Gasteiger charge is 2.30. The van der Waals surface area contributed by atoms with E-state index in [0.717, 1.165) is 12.1 Å². The highest BCUT2D eigenvalue weighted by Crippen LogP contribution is 2.32. The third-order valence-electron chi connectivity index (χ3n) is 3.09. The van der Waals surface area contributed by atoms with Gasteiger partial charge in [0, 0.05) is 6.54 Å². The first kappa shape index (κ1) is 18.4. The van der Waals surface area contributed by atoms with E-state index in [-0.39, 0.29) is 12.3 Å². The fourth-order valence-corrected chi connectivity index (χ4v) is 1.93. The summed E-state index contributed by atoms with van der Waals surface area (Å²) in [4.78, 5) is 10.3. The van der Waals surface area contributed by atoms with Crippen molar-refractivity contribution in [1.82, 2.24) is 5.32 Å². The van der Waals surface area contributed by atoms with Gasteiger partial charge >= 0.3 is 12.3 Å². The van der Waals surface area contributed by atoms with Gasteiger partial charge in [0.05, 0.1) is 12.2 Å². The minimum atomic E-state index is -4.42. The van der Waals surface area contributed by atoms with Crippen molar-refractivity contribution in [2.24, 2.45) is 0 Å². The minimum absolute atomic E-state index is 0.0863. The Kier molecular flexibility index (Phi) is 6.10. The molecule has 0 unspecified atom stereocenters. The van der Waals surface area contributed by atoms with Crippen LogP contribution in [0.4, 0.5) is 18.0 Å². The lowest BCUT2D eigenvalue weighted by molar-refractivity contribution is -0.137.